The molecular formula is C18H13ClF4N6O. The van der Waals surface area contributed by atoms with Gasteiger partial charge in [-0.05, 0) is 29.3 Å². The van der Waals surface area contributed by atoms with Gasteiger partial charge >= 0.3 is 12.2 Å². The number of amides is 2. The maximum Gasteiger partial charge on any atom is 0.434 e. The Morgan fingerprint density at radius 3 is 2.70 bits per heavy atom. The van der Waals surface area contributed by atoms with Gasteiger partial charge in [-0.25, -0.2) is 19.2 Å². The molecule has 156 valence electrons. The molecule has 3 heterocycles. The van der Waals surface area contributed by atoms with Gasteiger partial charge in [-0.3, -0.25) is 4.90 Å². The van der Waals surface area contributed by atoms with Crippen LogP contribution in [0.4, 0.5) is 28.2 Å². The second-order valence-corrected chi connectivity index (χ2v) is 6.94. The summed E-state index contributed by atoms with van der Waals surface area (Å²) < 4.78 is 54.5. The first kappa shape index (κ1) is 20.1. The van der Waals surface area contributed by atoms with Crippen molar-refractivity contribution in [3.05, 3.63) is 58.5 Å². The maximum absolute atomic E-state index is 14.7. The number of urea groups is 1. The number of carbonyl (C=O) groups excluding carboxylic acids is 1. The van der Waals surface area contributed by atoms with Crippen molar-refractivity contribution < 1.29 is 22.4 Å². The summed E-state index contributed by atoms with van der Waals surface area (Å²) in [6.45, 7) is 0.202. The number of halogens is 5. The van der Waals surface area contributed by atoms with Crippen LogP contribution in [-0.2, 0) is 26.3 Å². The molecule has 0 saturated heterocycles. The highest BCUT2D eigenvalue weighted by molar-refractivity contribution is 6.28. The van der Waals surface area contributed by atoms with Gasteiger partial charge < -0.3 is 9.88 Å². The number of benzene rings is 1. The Labute approximate surface area is 172 Å². The molecule has 0 spiro atoms. The van der Waals surface area contributed by atoms with Gasteiger partial charge in [0.15, 0.2) is 5.69 Å². The Kier molecular flexibility index (Phi) is 4.85. The summed E-state index contributed by atoms with van der Waals surface area (Å²) in [5.41, 5.74) is -0.157. The molecule has 0 bridgehead atoms. The fourth-order valence-corrected chi connectivity index (χ4v) is 3.25. The van der Waals surface area contributed by atoms with Gasteiger partial charge in [-0.15, -0.1) is 0 Å². The van der Waals surface area contributed by atoms with Crippen LogP contribution in [0.5, 0.6) is 0 Å². The fraction of sp³-hybridized carbons (Fsp3) is 0.222. The molecule has 0 aliphatic carbocycles. The largest absolute Gasteiger partial charge is 0.434 e. The van der Waals surface area contributed by atoms with E-state index >= 15 is 0 Å². The second-order valence-electron chi connectivity index (χ2n) is 6.61. The molecule has 12 heteroatoms. The van der Waals surface area contributed by atoms with E-state index in [1.807, 2.05) is 0 Å². The van der Waals surface area contributed by atoms with E-state index in [4.69, 9.17) is 11.6 Å². The molecule has 0 atom stereocenters. The fourth-order valence-electron chi connectivity index (χ4n) is 3.12. The number of aryl methyl sites for hydroxylation is 1. The first-order valence-corrected chi connectivity index (χ1v) is 8.97. The summed E-state index contributed by atoms with van der Waals surface area (Å²) in [7, 11) is 1.35. The van der Waals surface area contributed by atoms with Crippen molar-refractivity contribution in [2.75, 3.05) is 4.90 Å². The quantitative estimate of drug-likeness (QED) is 0.495. The summed E-state index contributed by atoms with van der Waals surface area (Å²) in [4.78, 5) is 25.0. The lowest BCUT2D eigenvalue weighted by molar-refractivity contribution is -0.140. The molecule has 0 saturated carbocycles. The van der Waals surface area contributed by atoms with Gasteiger partial charge in [0, 0.05) is 31.5 Å². The van der Waals surface area contributed by atoms with Gasteiger partial charge in [0.2, 0.25) is 5.28 Å². The highest BCUT2D eigenvalue weighted by atomic mass is 35.5. The van der Waals surface area contributed by atoms with Crippen LogP contribution < -0.4 is 10.2 Å². The van der Waals surface area contributed by atoms with Crippen molar-refractivity contribution in [3.63, 3.8) is 0 Å². The Morgan fingerprint density at radius 1 is 1.27 bits per heavy atom. The van der Waals surface area contributed by atoms with E-state index in [9.17, 15) is 22.4 Å². The molecule has 1 aliphatic heterocycles. The third-order valence-electron chi connectivity index (χ3n) is 4.53. The average molecular weight is 441 g/mol. The number of alkyl halides is 3. The van der Waals surface area contributed by atoms with Crippen LogP contribution in [-0.4, -0.2) is 25.6 Å². The Bertz CT molecular complexity index is 1150. The first-order valence-electron chi connectivity index (χ1n) is 8.59. The van der Waals surface area contributed by atoms with Crippen LogP contribution >= 0.6 is 11.6 Å². The molecule has 1 N–H and O–H groups in total. The number of aromatic nitrogens is 4. The molecule has 0 radical (unpaired) electrons. The minimum Gasteiger partial charge on any atom is -0.333 e. The number of carbonyl (C=O) groups is 1. The number of imidazole rings is 1. The van der Waals surface area contributed by atoms with Crippen molar-refractivity contribution in [2.24, 2.45) is 7.05 Å². The number of hydrogen-bond acceptors (Lipinski definition) is 4. The zero-order valence-corrected chi connectivity index (χ0v) is 16.1. The lowest BCUT2D eigenvalue weighted by atomic mass is 10.1. The highest BCUT2D eigenvalue weighted by Crippen LogP contribution is 2.32. The Morgan fingerprint density at radius 2 is 2.03 bits per heavy atom. The number of anilines is 1. The molecule has 0 fully saturated rings. The van der Waals surface area contributed by atoms with Gasteiger partial charge in [0.1, 0.15) is 17.5 Å². The maximum atomic E-state index is 14.7. The first-order chi connectivity index (χ1) is 14.1. The van der Waals surface area contributed by atoms with Crippen LogP contribution in [0.3, 0.4) is 0 Å². The summed E-state index contributed by atoms with van der Waals surface area (Å²) in [5, 5.41) is 2.62. The predicted octanol–water partition coefficient (Wildman–Crippen LogP) is 3.92. The zero-order valence-electron chi connectivity index (χ0n) is 15.3. The van der Waals surface area contributed by atoms with Crippen molar-refractivity contribution in [1.82, 2.24) is 24.8 Å². The van der Waals surface area contributed by atoms with E-state index < -0.39 is 23.7 Å². The van der Waals surface area contributed by atoms with E-state index in [2.05, 4.69) is 20.3 Å². The average Bonchev–Trinajstić information content (AvgIpc) is 3.06. The van der Waals surface area contributed by atoms with Crippen LogP contribution in [0.25, 0.3) is 11.4 Å². The van der Waals surface area contributed by atoms with Crippen molar-refractivity contribution in [1.29, 1.82) is 0 Å². The normalized spacial score (nSPS) is 13.9. The highest BCUT2D eigenvalue weighted by Gasteiger charge is 2.35. The summed E-state index contributed by atoms with van der Waals surface area (Å²) >= 11 is 5.83. The Balaban J connectivity index is 1.65. The van der Waals surface area contributed by atoms with E-state index in [1.54, 1.807) is 0 Å². The lowest BCUT2D eigenvalue weighted by Crippen LogP contribution is -2.44. The van der Waals surface area contributed by atoms with E-state index in [0.717, 1.165) is 16.8 Å². The minimum atomic E-state index is -4.63. The predicted molar refractivity (Wildman–Crippen MR) is 99.1 cm³/mol. The topological polar surface area (TPSA) is 75.9 Å². The summed E-state index contributed by atoms with van der Waals surface area (Å²) in [6, 6.07) is 3.52. The van der Waals surface area contributed by atoms with Gasteiger partial charge in [-0.2, -0.15) is 18.2 Å². The smallest absolute Gasteiger partial charge is 0.333 e. The number of nitrogens with zero attached hydrogens (tertiary/aromatic N) is 5. The van der Waals surface area contributed by atoms with E-state index in [-0.39, 0.29) is 29.8 Å². The van der Waals surface area contributed by atoms with Gasteiger partial charge in [0.05, 0.1) is 12.1 Å². The molecule has 3 aromatic rings. The third kappa shape index (κ3) is 3.67. The number of hydrogen-bond donors (Lipinski definition) is 1. The van der Waals surface area contributed by atoms with Gasteiger partial charge in [0.25, 0.3) is 0 Å². The van der Waals surface area contributed by atoms with E-state index in [0.29, 0.717) is 16.9 Å². The third-order valence-corrected chi connectivity index (χ3v) is 4.71. The Hall–Kier alpha value is -3.21. The van der Waals surface area contributed by atoms with Crippen molar-refractivity contribution >= 4 is 23.4 Å². The lowest BCUT2D eigenvalue weighted by Gasteiger charge is -2.28. The van der Waals surface area contributed by atoms with Crippen LogP contribution in [0.1, 0.15) is 16.8 Å². The molecule has 7 nitrogen and oxygen atoms in total. The zero-order chi connectivity index (χ0) is 21.6. The second kappa shape index (κ2) is 7.24. The molecule has 30 heavy (non-hydrogen) atoms. The van der Waals surface area contributed by atoms with E-state index in [1.165, 1.54) is 30.3 Å². The van der Waals surface area contributed by atoms with Gasteiger partial charge in [-0.1, -0.05) is 6.07 Å². The molecule has 2 amide bonds. The molecule has 2 aromatic heterocycles. The standard InChI is InChI=1S/C18H13ClF4N6O/c1-28-8-13(18(21,22)23)26-15(28)11-3-2-9(4-12(11)20)7-29-14-10(6-25-17(29)30)5-24-16(19)27-14/h2-5,8H,6-7H2,1H3,(H,25,30). The molecular weight excluding hydrogens is 428 g/mol. The monoisotopic (exact) mass is 440 g/mol. The summed E-state index contributed by atoms with van der Waals surface area (Å²) in [6.07, 6.45) is -2.36. The van der Waals surface area contributed by atoms with Crippen LogP contribution in [0.15, 0.2) is 30.6 Å². The minimum absolute atomic E-state index is 0.0300. The molecule has 1 aromatic carbocycles. The van der Waals surface area contributed by atoms with Crippen molar-refractivity contribution in [2.45, 2.75) is 19.3 Å². The number of nitrogens with one attached hydrogen (secondary N) is 1. The summed E-state index contributed by atoms with van der Waals surface area (Å²) in [5.74, 6) is -0.623. The number of fused-ring (bicyclic) bond motifs is 1. The van der Waals surface area contributed by atoms with Crippen LogP contribution in [0, 0.1) is 5.82 Å². The molecule has 1 aliphatic rings. The SMILES string of the molecule is Cn1cc(C(F)(F)F)nc1-c1ccc(CN2C(=O)NCc3cnc(Cl)nc32)cc1F. The number of rotatable bonds is 3. The molecule has 0 unspecified atom stereocenters. The molecule has 4 rings (SSSR count). The van der Waals surface area contributed by atoms with Crippen molar-refractivity contribution in [3.8, 4) is 11.4 Å². The van der Waals surface area contributed by atoms with Crippen LogP contribution in [0.2, 0.25) is 5.28 Å².